The average Bonchev–Trinajstić information content (AvgIpc) is 2.73. The van der Waals surface area contributed by atoms with E-state index in [0.717, 1.165) is 22.1 Å². The van der Waals surface area contributed by atoms with Crippen LogP contribution in [0.15, 0.2) is 42.6 Å². The number of rotatable bonds is 1. The maximum Gasteiger partial charge on any atom is 0.168 e. The summed E-state index contributed by atoms with van der Waals surface area (Å²) in [6.45, 7) is 2.05. The number of aryl methyl sites for hydroxylation is 1. The lowest BCUT2D eigenvalue weighted by Gasteiger charge is -2.01. The topological polar surface area (TPSA) is 30.2 Å². The zero-order valence-electron chi connectivity index (χ0n) is 9.26. The van der Waals surface area contributed by atoms with Crippen molar-refractivity contribution in [3.8, 4) is 11.4 Å². The second-order valence-corrected chi connectivity index (χ2v) is 4.40. The number of benzene rings is 1. The van der Waals surface area contributed by atoms with E-state index in [1.54, 1.807) is 0 Å². The summed E-state index contributed by atoms with van der Waals surface area (Å²) in [5.74, 6) is 0.834. The Morgan fingerprint density at radius 2 is 1.76 bits per heavy atom. The maximum absolute atomic E-state index is 5.87. The summed E-state index contributed by atoms with van der Waals surface area (Å²) in [7, 11) is 0. The van der Waals surface area contributed by atoms with E-state index in [9.17, 15) is 0 Å². The van der Waals surface area contributed by atoms with Crippen LogP contribution in [0.4, 0.5) is 0 Å². The van der Waals surface area contributed by atoms with Gasteiger partial charge >= 0.3 is 0 Å². The fourth-order valence-corrected chi connectivity index (χ4v) is 1.92. The predicted molar refractivity (Wildman–Crippen MR) is 68.2 cm³/mol. The summed E-state index contributed by atoms with van der Waals surface area (Å²) in [6, 6.07) is 11.6. The van der Waals surface area contributed by atoms with Crippen molar-refractivity contribution >= 4 is 17.2 Å². The molecule has 3 aromatic rings. The molecular formula is C13H10ClN3. The van der Waals surface area contributed by atoms with Crippen LogP contribution in [0.2, 0.25) is 5.02 Å². The molecule has 0 saturated heterocycles. The molecular weight excluding hydrogens is 234 g/mol. The number of hydrogen-bond donors (Lipinski definition) is 0. The van der Waals surface area contributed by atoms with Gasteiger partial charge in [-0.2, -0.15) is 0 Å². The Hall–Kier alpha value is -1.87. The normalized spacial score (nSPS) is 10.9. The molecule has 2 heterocycles. The van der Waals surface area contributed by atoms with Crippen molar-refractivity contribution in [2.45, 2.75) is 6.92 Å². The van der Waals surface area contributed by atoms with E-state index in [1.165, 1.54) is 5.56 Å². The molecule has 3 rings (SSSR count). The van der Waals surface area contributed by atoms with Crippen LogP contribution in [0.5, 0.6) is 0 Å². The molecule has 0 aliphatic rings. The Morgan fingerprint density at radius 1 is 1.00 bits per heavy atom. The van der Waals surface area contributed by atoms with Crippen LogP contribution in [-0.2, 0) is 0 Å². The molecule has 0 spiro atoms. The summed E-state index contributed by atoms with van der Waals surface area (Å²) >= 11 is 5.87. The highest BCUT2D eigenvalue weighted by atomic mass is 35.5. The predicted octanol–water partition coefficient (Wildman–Crippen LogP) is 3.36. The molecule has 0 fully saturated rings. The fraction of sp³-hybridized carbons (Fsp3) is 0.0769. The average molecular weight is 244 g/mol. The molecule has 0 unspecified atom stereocenters. The first-order chi connectivity index (χ1) is 8.24. The van der Waals surface area contributed by atoms with E-state index in [0.29, 0.717) is 0 Å². The quantitative estimate of drug-likeness (QED) is 0.656. The first kappa shape index (κ1) is 10.3. The summed E-state index contributed by atoms with van der Waals surface area (Å²) in [6.07, 6.45) is 2.03. The Morgan fingerprint density at radius 3 is 2.53 bits per heavy atom. The molecule has 17 heavy (non-hydrogen) atoms. The largest absolute Gasteiger partial charge is 0.282 e. The SMILES string of the molecule is Cc1ccc2nnc(-c3ccc(Cl)cc3)n2c1. The minimum absolute atomic E-state index is 0.721. The van der Waals surface area contributed by atoms with Gasteiger partial charge < -0.3 is 0 Å². The second kappa shape index (κ2) is 3.86. The molecule has 3 nitrogen and oxygen atoms in total. The standard InChI is InChI=1S/C13H10ClN3/c1-9-2-7-12-15-16-13(17(12)8-9)10-3-5-11(14)6-4-10/h2-8H,1H3. The van der Waals surface area contributed by atoms with Crippen molar-refractivity contribution < 1.29 is 0 Å². The number of aromatic nitrogens is 3. The van der Waals surface area contributed by atoms with Gasteiger partial charge in [0.05, 0.1) is 0 Å². The van der Waals surface area contributed by atoms with Crippen molar-refractivity contribution in [2.75, 3.05) is 0 Å². The Labute approximate surface area is 104 Å². The molecule has 0 atom stereocenters. The minimum atomic E-state index is 0.721. The molecule has 0 N–H and O–H groups in total. The van der Waals surface area contributed by atoms with Crippen molar-refractivity contribution in [1.29, 1.82) is 0 Å². The molecule has 4 heteroatoms. The monoisotopic (exact) mass is 243 g/mol. The number of pyridine rings is 1. The van der Waals surface area contributed by atoms with Gasteiger partial charge in [0, 0.05) is 16.8 Å². The van der Waals surface area contributed by atoms with E-state index in [2.05, 4.69) is 10.2 Å². The smallest absolute Gasteiger partial charge is 0.168 e. The summed E-state index contributed by atoms with van der Waals surface area (Å²) in [5, 5.41) is 9.07. The van der Waals surface area contributed by atoms with Gasteiger partial charge in [0.25, 0.3) is 0 Å². The van der Waals surface area contributed by atoms with Gasteiger partial charge in [0.2, 0.25) is 0 Å². The van der Waals surface area contributed by atoms with Gasteiger partial charge in [-0.25, -0.2) is 0 Å². The van der Waals surface area contributed by atoms with Gasteiger partial charge in [-0.15, -0.1) is 10.2 Å². The van der Waals surface area contributed by atoms with Crippen LogP contribution >= 0.6 is 11.6 Å². The van der Waals surface area contributed by atoms with Gasteiger partial charge in [0.1, 0.15) is 0 Å². The Bertz CT molecular complexity index is 671. The lowest BCUT2D eigenvalue weighted by atomic mass is 10.2. The third kappa shape index (κ3) is 1.78. The highest BCUT2D eigenvalue weighted by molar-refractivity contribution is 6.30. The first-order valence-corrected chi connectivity index (χ1v) is 5.69. The van der Waals surface area contributed by atoms with Gasteiger partial charge in [0.15, 0.2) is 11.5 Å². The third-order valence-electron chi connectivity index (χ3n) is 2.65. The zero-order valence-corrected chi connectivity index (χ0v) is 10.0. The van der Waals surface area contributed by atoms with Gasteiger partial charge in [-0.05, 0) is 42.8 Å². The van der Waals surface area contributed by atoms with Crippen molar-refractivity contribution in [2.24, 2.45) is 0 Å². The van der Waals surface area contributed by atoms with E-state index in [4.69, 9.17) is 11.6 Å². The molecule has 0 aliphatic heterocycles. The van der Waals surface area contributed by atoms with Crippen LogP contribution in [0.1, 0.15) is 5.56 Å². The molecule has 0 amide bonds. The molecule has 0 saturated carbocycles. The molecule has 0 radical (unpaired) electrons. The van der Waals surface area contributed by atoms with E-state index in [1.807, 2.05) is 53.9 Å². The molecule has 0 bridgehead atoms. The van der Waals surface area contributed by atoms with E-state index in [-0.39, 0.29) is 0 Å². The van der Waals surface area contributed by atoms with Crippen LogP contribution in [-0.4, -0.2) is 14.6 Å². The molecule has 0 aliphatic carbocycles. The van der Waals surface area contributed by atoms with Crippen LogP contribution < -0.4 is 0 Å². The fourth-order valence-electron chi connectivity index (χ4n) is 1.79. The zero-order chi connectivity index (χ0) is 11.8. The van der Waals surface area contributed by atoms with Crippen molar-refractivity contribution in [3.63, 3.8) is 0 Å². The number of hydrogen-bond acceptors (Lipinski definition) is 2. The lowest BCUT2D eigenvalue weighted by Crippen LogP contribution is -1.90. The van der Waals surface area contributed by atoms with Crippen molar-refractivity contribution in [3.05, 3.63) is 53.2 Å². The highest BCUT2D eigenvalue weighted by Crippen LogP contribution is 2.20. The van der Waals surface area contributed by atoms with Crippen LogP contribution in [0.3, 0.4) is 0 Å². The maximum atomic E-state index is 5.87. The van der Waals surface area contributed by atoms with E-state index < -0.39 is 0 Å². The Balaban J connectivity index is 2.23. The summed E-state index contributed by atoms with van der Waals surface area (Å²) < 4.78 is 1.98. The Kier molecular flexibility index (Phi) is 2.34. The molecule has 2 aromatic heterocycles. The number of halogens is 1. The third-order valence-corrected chi connectivity index (χ3v) is 2.90. The molecule has 1 aromatic carbocycles. The highest BCUT2D eigenvalue weighted by Gasteiger charge is 2.07. The van der Waals surface area contributed by atoms with Crippen molar-refractivity contribution in [1.82, 2.24) is 14.6 Å². The van der Waals surface area contributed by atoms with E-state index >= 15 is 0 Å². The first-order valence-electron chi connectivity index (χ1n) is 5.31. The van der Waals surface area contributed by atoms with Gasteiger partial charge in [-0.1, -0.05) is 17.7 Å². The van der Waals surface area contributed by atoms with Gasteiger partial charge in [-0.3, -0.25) is 4.40 Å². The second-order valence-electron chi connectivity index (χ2n) is 3.97. The summed E-state index contributed by atoms with van der Waals surface area (Å²) in [4.78, 5) is 0. The van der Waals surface area contributed by atoms with Crippen LogP contribution in [0, 0.1) is 6.92 Å². The minimum Gasteiger partial charge on any atom is -0.282 e. The number of fused-ring (bicyclic) bond motifs is 1. The molecule has 84 valence electrons. The van der Waals surface area contributed by atoms with Crippen LogP contribution in [0.25, 0.3) is 17.0 Å². The number of nitrogens with zero attached hydrogens (tertiary/aromatic N) is 3. The lowest BCUT2D eigenvalue weighted by molar-refractivity contribution is 1.11. The summed E-state index contributed by atoms with van der Waals surface area (Å²) in [5.41, 5.74) is 3.03.